The van der Waals surface area contributed by atoms with Crippen molar-refractivity contribution >= 4 is 0 Å². The van der Waals surface area contributed by atoms with Crippen molar-refractivity contribution in [2.45, 2.75) is 90.1 Å². The van der Waals surface area contributed by atoms with Gasteiger partial charge in [0.2, 0.25) is 0 Å². The molecule has 0 bridgehead atoms. The van der Waals surface area contributed by atoms with Crippen molar-refractivity contribution in [1.29, 1.82) is 0 Å². The van der Waals surface area contributed by atoms with Crippen molar-refractivity contribution < 1.29 is 120 Å². The molecule has 0 spiro atoms. The van der Waals surface area contributed by atoms with Crippen LogP contribution in [0.15, 0.2) is 195 Å². The molecule has 74 heavy (non-hydrogen) atoms. The zero-order chi connectivity index (χ0) is 46.1. The number of rotatable bonds is 5. The summed E-state index contributed by atoms with van der Waals surface area (Å²) in [4.78, 5) is 19.6. The summed E-state index contributed by atoms with van der Waals surface area (Å²) in [5, 5.41) is 4.20. The Balaban J connectivity index is -0.000000120. The first-order chi connectivity index (χ1) is 31.8. The molecule has 1 radical (unpaired) electrons. The summed E-state index contributed by atoms with van der Waals surface area (Å²) in [6.07, 6.45) is 66.5. The number of aromatic nitrogens is 2. The van der Waals surface area contributed by atoms with Crippen molar-refractivity contribution in [3.63, 3.8) is 0 Å². The van der Waals surface area contributed by atoms with Crippen molar-refractivity contribution in [2.75, 3.05) is 21.1 Å². The van der Waals surface area contributed by atoms with Crippen LogP contribution in [0.25, 0.3) is 5.32 Å². The van der Waals surface area contributed by atoms with Gasteiger partial charge in [0.15, 0.2) is 0 Å². The van der Waals surface area contributed by atoms with Gasteiger partial charge < -0.3 is 84.8 Å². The first kappa shape index (κ1) is 82.7. The van der Waals surface area contributed by atoms with Crippen LogP contribution >= 0.6 is 0 Å². The number of hydrogen-bond donors (Lipinski definition) is 0. The van der Waals surface area contributed by atoms with Gasteiger partial charge in [-0.25, -0.2) is 0 Å². The molecule has 0 amide bonds. The zero-order valence-corrected chi connectivity index (χ0v) is 56.6. The van der Waals surface area contributed by atoms with Gasteiger partial charge in [0.25, 0.3) is 0 Å². The van der Waals surface area contributed by atoms with Crippen LogP contribution < -0.4 is 51.4 Å². The molecule has 14 heteroatoms. The second-order valence-electron chi connectivity index (χ2n) is 15.1. The van der Waals surface area contributed by atoms with E-state index in [4.69, 9.17) is 2.74 Å². The van der Waals surface area contributed by atoms with E-state index < -0.39 is 6.50 Å². The molecule has 413 valence electrons. The fourth-order valence-corrected chi connectivity index (χ4v) is 6.07. The SMILES string of the molecule is C1=CCC/C=C\CC1.C1=CCC/C=C\CC1.C1=CCC/C=C\CC1.CN1C=CN(C=C2C=CC=C[N-]2)[CH-]1.CN1C=CN(Cc2ccccn2)[CH-]1.[2H]C([2H])(c1ccccn1)N1C=CN(C)[CH-]1.[CH3-].[CH3-].[CH3-].[CH3-].[CH3-].[CH3-].[Ir+3].[Ir+3].[Ir].[K+].[OH-]. The summed E-state index contributed by atoms with van der Waals surface area (Å²) in [6, 6.07) is 11.2. The van der Waals surface area contributed by atoms with Gasteiger partial charge in [-0.2, -0.15) is 26.2 Å². The van der Waals surface area contributed by atoms with Crippen LogP contribution in [0.5, 0.6) is 0 Å². The third-order valence-corrected chi connectivity index (χ3v) is 9.33. The van der Waals surface area contributed by atoms with E-state index in [0.29, 0.717) is 5.69 Å². The van der Waals surface area contributed by atoms with E-state index in [0.717, 1.165) is 17.9 Å². The third kappa shape index (κ3) is 45.5. The first-order valence-corrected chi connectivity index (χ1v) is 22.3. The summed E-state index contributed by atoms with van der Waals surface area (Å²) in [6.45, 7) is 4.93. The maximum Gasteiger partial charge on any atom is 3.00 e. The van der Waals surface area contributed by atoms with Gasteiger partial charge >= 0.3 is 91.6 Å². The molecule has 0 unspecified atom stereocenters. The van der Waals surface area contributed by atoms with E-state index in [1.54, 1.807) is 54.6 Å². The van der Waals surface area contributed by atoms with Crippen LogP contribution in [0, 0.1) is 64.6 Å². The van der Waals surface area contributed by atoms with E-state index in [2.05, 4.69) is 93.1 Å². The first-order valence-electron chi connectivity index (χ1n) is 23.3. The standard InChI is InChI=1S/2C10H12N3.C10H11N3.3C8H12.6CH3.3Ir.K.H2O/c3*1-12-6-7-13(9-12)8-10-4-2-3-5-11-10;3*1-2-4-6-8-7-5-3-1;;;;;;;;;;;/h2*2-7,9H,8H2,1H3;2-9H,1H3;3*1-2,7-8H,3-6H2;6*1H3;;;;;1H2/q2*-1;-2;;;;6*-1;;2*+3;+1;/p-1/b;;;3*2-1-,8-7?;;;;;;;;;;;/i8D2;;;;;;;;;;;;;;;;. The van der Waals surface area contributed by atoms with Gasteiger partial charge in [-0.05, 0) is 166 Å². The second kappa shape index (κ2) is 59.6. The van der Waals surface area contributed by atoms with Crippen LogP contribution in [0.2, 0.25) is 0 Å². The summed E-state index contributed by atoms with van der Waals surface area (Å²) in [7, 11) is 5.85. The molecular weight excluding hydrogens is 1480 g/mol. The molecular formula is C60H90Ir3KN9O-4. The third-order valence-electron chi connectivity index (χ3n) is 9.33. The number of hydrogen-bond acceptors (Lipinski definition) is 9. The van der Waals surface area contributed by atoms with Gasteiger partial charge in [0.05, 0.1) is 14.1 Å². The van der Waals surface area contributed by atoms with Crippen molar-refractivity contribution in [3.05, 3.63) is 276 Å². The van der Waals surface area contributed by atoms with Crippen LogP contribution in [0.4, 0.5) is 0 Å². The predicted octanol–water partition coefficient (Wildman–Crippen LogP) is 12.5. The number of nitrogens with zero attached hydrogens (tertiary/aromatic N) is 9. The van der Waals surface area contributed by atoms with E-state index in [1.165, 1.54) is 81.9 Å². The monoisotopic (exact) mass is 1570 g/mol. The van der Waals surface area contributed by atoms with Crippen molar-refractivity contribution in [3.8, 4) is 0 Å². The fourth-order valence-electron chi connectivity index (χ4n) is 6.07. The van der Waals surface area contributed by atoms with Crippen molar-refractivity contribution in [1.82, 2.24) is 39.4 Å². The molecule has 2 aromatic heterocycles. The molecule has 0 saturated heterocycles. The Labute approximate surface area is 541 Å². The van der Waals surface area contributed by atoms with Gasteiger partial charge in [0.1, 0.15) is 0 Å². The Morgan fingerprint density at radius 2 is 0.878 bits per heavy atom. The molecule has 1 N–H and O–H groups in total. The average Bonchev–Trinajstić information content (AvgIpc) is 4.03. The summed E-state index contributed by atoms with van der Waals surface area (Å²) in [5.41, 5.74) is 2.44. The molecule has 4 aliphatic heterocycles. The minimum absolute atomic E-state index is 0. The topological polar surface area (TPSA) is 89.3 Å². The van der Waals surface area contributed by atoms with Crippen LogP contribution in [-0.2, 0) is 73.4 Å². The van der Waals surface area contributed by atoms with E-state index in [1.807, 2.05) is 123 Å². The molecule has 7 aliphatic rings. The van der Waals surface area contributed by atoms with Gasteiger partial charge in [-0.1, -0.05) is 103 Å². The van der Waals surface area contributed by atoms with E-state index in [9.17, 15) is 0 Å². The minimum atomic E-state index is -1.61. The zero-order valence-electron chi connectivity index (χ0n) is 48.3. The number of pyridine rings is 2. The molecule has 0 fully saturated rings. The summed E-state index contributed by atoms with van der Waals surface area (Å²) in [5.74, 6) is 0. The van der Waals surface area contributed by atoms with E-state index >= 15 is 0 Å². The molecule has 10 nitrogen and oxygen atoms in total. The Bertz CT molecular complexity index is 1850. The normalized spacial score (nSPS) is 17.9. The fraction of sp³-hybridized carbons (Fsp3) is 0.283. The molecule has 3 aliphatic carbocycles. The molecule has 2 aromatic rings. The Morgan fingerprint density at radius 3 is 1.19 bits per heavy atom. The maximum absolute atomic E-state index is 7.98. The van der Waals surface area contributed by atoms with Gasteiger partial charge in [-0.15, -0.1) is 5.70 Å². The van der Waals surface area contributed by atoms with Gasteiger partial charge in [-0.3, -0.25) is 9.97 Å². The molecule has 0 aromatic carbocycles. The Hall–Kier alpha value is -2.68. The predicted molar refractivity (Wildman–Crippen MR) is 305 cm³/mol. The molecule has 9 rings (SSSR count). The summed E-state index contributed by atoms with van der Waals surface area (Å²) < 4.78 is 16.0. The largest absolute Gasteiger partial charge is 3.00 e. The second-order valence-corrected chi connectivity index (χ2v) is 15.1. The van der Waals surface area contributed by atoms with Crippen molar-refractivity contribution in [2.24, 2.45) is 0 Å². The Kier molecular flexibility index (Phi) is 66.5. The minimum Gasteiger partial charge on any atom is -0.870 e. The average molecular weight is 1570 g/mol. The van der Waals surface area contributed by atoms with Crippen LogP contribution in [0.1, 0.15) is 91.2 Å². The molecule has 0 atom stereocenters. The maximum atomic E-state index is 7.98. The molecule has 6 heterocycles. The number of allylic oxidation sites excluding steroid dienone is 15. The smallest absolute Gasteiger partial charge is 0.870 e. The quantitative estimate of drug-likeness (QED) is 0.165. The molecule has 0 saturated carbocycles. The van der Waals surface area contributed by atoms with Gasteiger partial charge in [0, 0.05) is 45.5 Å². The summed E-state index contributed by atoms with van der Waals surface area (Å²) >= 11 is 0. The van der Waals surface area contributed by atoms with Crippen LogP contribution in [-0.4, -0.2) is 66.0 Å². The Morgan fingerprint density at radius 1 is 0.514 bits per heavy atom. The van der Waals surface area contributed by atoms with Crippen LogP contribution in [0.3, 0.4) is 0 Å². The van der Waals surface area contributed by atoms with E-state index in [-0.39, 0.29) is 162 Å².